The number of fused-ring (bicyclic) bond motifs is 1. The van der Waals surface area contributed by atoms with Gasteiger partial charge in [0.25, 0.3) is 0 Å². The molecule has 0 radical (unpaired) electrons. The van der Waals surface area contributed by atoms with E-state index < -0.39 is 5.97 Å². The molecule has 0 saturated carbocycles. The number of nitrogens with one attached hydrogen (secondary N) is 1. The zero-order chi connectivity index (χ0) is 18.6. The number of ether oxygens (including phenoxy) is 1. The predicted molar refractivity (Wildman–Crippen MR) is 104 cm³/mol. The minimum absolute atomic E-state index is 0.248. The van der Waals surface area contributed by atoms with Gasteiger partial charge in [0.05, 0.1) is 11.4 Å². The number of rotatable bonds is 4. The Kier molecular flexibility index (Phi) is 4.75. The van der Waals surface area contributed by atoms with E-state index in [0.717, 1.165) is 47.5 Å². The zero-order valence-electron chi connectivity index (χ0n) is 15.1. The SMILES string of the molecule is Cc1c(C(=O)Oc2ccccc2)oc2c1/C(=N/Nc1ccccc1)CCC2. The number of nitrogens with zero attached hydrogens (tertiary/aromatic N) is 1. The van der Waals surface area contributed by atoms with Crippen LogP contribution in [0.1, 0.15) is 40.3 Å². The average Bonchev–Trinajstić information content (AvgIpc) is 3.05. The van der Waals surface area contributed by atoms with Gasteiger partial charge in [-0.3, -0.25) is 5.43 Å². The molecule has 0 unspecified atom stereocenters. The maximum absolute atomic E-state index is 12.6. The van der Waals surface area contributed by atoms with Crippen molar-refractivity contribution in [3.8, 4) is 5.75 Å². The lowest BCUT2D eigenvalue weighted by Gasteiger charge is -2.13. The number of anilines is 1. The molecule has 0 saturated heterocycles. The van der Waals surface area contributed by atoms with Gasteiger partial charge in [-0.05, 0) is 44.0 Å². The van der Waals surface area contributed by atoms with E-state index >= 15 is 0 Å². The van der Waals surface area contributed by atoms with Gasteiger partial charge in [0, 0.05) is 17.5 Å². The molecule has 1 heterocycles. The highest BCUT2D eigenvalue weighted by atomic mass is 16.5. The van der Waals surface area contributed by atoms with Crippen molar-refractivity contribution in [3.63, 3.8) is 0 Å². The number of esters is 1. The van der Waals surface area contributed by atoms with Crippen LogP contribution in [0.15, 0.2) is 70.2 Å². The molecule has 4 rings (SSSR count). The van der Waals surface area contributed by atoms with Gasteiger partial charge in [-0.15, -0.1) is 0 Å². The molecular weight excluding hydrogens is 340 g/mol. The zero-order valence-corrected chi connectivity index (χ0v) is 15.1. The number of aryl methyl sites for hydroxylation is 1. The fourth-order valence-electron chi connectivity index (χ4n) is 3.26. The molecule has 1 aliphatic carbocycles. The van der Waals surface area contributed by atoms with E-state index in [4.69, 9.17) is 9.15 Å². The molecule has 5 heteroatoms. The van der Waals surface area contributed by atoms with E-state index in [0.29, 0.717) is 5.75 Å². The largest absolute Gasteiger partial charge is 0.453 e. The Morgan fingerprint density at radius 1 is 1.04 bits per heavy atom. The molecule has 0 atom stereocenters. The summed E-state index contributed by atoms with van der Waals surface area (Å²) in [6.45, 7) is 1.88. The summed E-state index contributed by atoms with van der Waals surface area (Å²) in [7, 11) is 0. The Morgan fingerprint density at radius 2 is 1.74 bits per heavy atom. The second-order valence-electron chi connectivity index (χ2n) is 6.45. The van der Waals surface area contributed by atoms with Crippen molar-refractivity contribution in [1.29, 1.82) is 0 Å². The summed E-state index contributed by atoms with van der Waals surface area (Å²) in [4.78, 5) is 12.6. The quantitative estimate of drug-likeness (QED) is 0.406. The van der Waals surface area contributed by atoms with Gasteiger partial charge in [-0.25, -0.2) is 4.79 Å². The van der Waals surface area contributed by atoms with Gasteiger partial charge in [-0.2, -0.15) is 5.10 Å². The van der Waals surface area contributed by atoms with Crippen molar-refractivity contribution in [3.05, 3.63) is 83.3 Å². The molecule has 2 aromatic carbocycles. The molecule has 5 nitrogen and oxygen atoms in total. The normalized spacial score (nSPS) is 14.6. The van der Waals surface area contributed by atoms with E-state index in [2.05, 4.69) is 10.5 Å². The topological polar surface area (TPSA) is 63.8 Å². The van der Waals surface area contributed by atoms with Gasteiger partial charge < -0.3 is 9.15 Å². The predicted octanol–water partition coefficient (Wildman–Crippen LogP) is 4.96. The first-order valence-corrected chi connectivity index (χ1v) is 9.00. The standard InChI is InChI=1S/C22H20N2O3/c1-15-20-18(24-23-16-9-4-2-5-10-16)13-8-14-19(20)27-21(15)22(25)26-17-11-6-3-7-12-17/h2-7,9-12,23H,8,13-14H2,1H3/b24-18+. The Bertz CT molecular complexity index is 976. The van der Waals surface area contributed by atoms with Gasteiger partial charge in [0.1, 0.15) is 11.5 Å². The highest BCUT2D eigenvalue weighted by Crippen LogP contribution is 2.30. The number of furan rings is 1. The van der Waals surface area contributed by atoms with E-state index in [9.17, 15) is 4.79 Å². The van der Waals surface area contributed by atoms with Crippen LogP contribution in [-0.4, -0.2) is 11.7 Å². The van der Waals surface area contributed by atoms with Gasteiger partial charge in [0.15, 0.2) is 0 Å². The Labute approximate surface area is 157 Å². The second-order valence-corrected chi connectivity index (χ2v) is 6.45. The molecule has 3 aromatic rings. The first kappa shape index (κ1) is 17.1. The molecule has 0 fully saturated rings. The lowest BCUT2D eigenvalue weighted by atomic mass is 9.93. The number of para-hydroxylation sites is 2. The van der Waals surface area contributed by atoms with Crippen LogP contribution >= 0.6 is 0 Å². The summed E-state index contributed by atoms with van der Waals surface area (Å²) >= 11 is 0. The van der Waals surface area contributed by atoms with Crippen LogP contribution in [0.5, 0.6) is 5.75 Å². The molecule has 0 aliphatic heterocycles. The van der Waals surface area contributed by atoms with Crippen LogP contribution in [0, 0.1) is 6.92 Å². The third-order valence-electron chi connectivity index (χ3n) is 4.56. The minimum atomic E-state index is -0.483. The minimum Gasteiger partial charge on any atom is -0.453 e. The highest BCUT2D eigenvalue weighted by Gasteiger charge is 2.28. The van der Waals surface area contributed by atoms with E-state index in [-0.39, 0.29) is 5.76 Å². The van der Waals surface area contributed by atoms with Crippen molar-refractivity contribution in [2.75, 3.05) is 5.43 Å². The fourth-order valence-corrected chi connectivity index (χ4v) is 3.26. The summed E-state index contributed by atoms with van der Waals surface area (Å²) in [5, 5.41) is 4.57. The first-order chi connectivity index (χ1) is 13.2. The third-order valence-corrected chi connectivity index (χ3v) is 4.56. The maximum Gasteiger partial charge on any atom is 0.379 e. The first-order valence-electron chi connectivity index (χ1n) is 9.00. The second kappa shape index (κ2) is 7.50. The Hall–Kier alpha value is -3.34. The van der Waals surface area contributed by atoms with Crippen molar-refractivity contribution in [2.24, 2.45) is 5.10 Å². The number of hydrogen-bond donors (Lipinski definition) is 1. The molecule has 27 heavy (non-hydrogen) atoms. The summed E-state index contributed by atoms with van der Waals surface area (Å²) in [5.74, 6) is 1.06. The maximum atomic E-state index is 12.6. The van der Waals surface area contributed by atoms with Gasteiger partial charge >= 0.3 is 5.97 Å². The van der Waals surface area contributed by atoms with Crippen LogP contribution in [-0.2, 0) is 6.42 Å². The summed E-state index contributed by atoms with van der Waals surface area (Å²) in [5.41, 5.74) is 6.61. The average molecular weight is 360 g/mol. The van der Waals surface area contributed by atoms with Crippen molar-refractivity contribution < 1.29 is 13.9 Å². The van der Waals surface area contributed by atoms with Crippen molar-refractivity contribution in [1.82, 2.24) is 0 Å². The number of benzene rings is 2. The Morgan fingerprint density at radius 3 is 2.48 bits per heavy atom. The van der Waals surface area contributed by atoms with Crippen molar-refractivity contribution in [2.45, 2.75) is 26.2 Å². The molecule has 0 bridgehead atoms. The van der Waals surface area contributed by atoms with Gasteiger partial charge in [0.2, 0.25) is 5.76 Å². The summed E-state index contributed by atoms with van der Waals surface area (Å²) in [6.07, 6.45) is 2.56. The molecule has 0 spiro atoms. The van der Waals surface area contributed by atoms with E-state index in [1.807, 2.05) is 55.5 Å². The van der Waals surface area contributed by atoms with Crippen LogP contribution in [0.3, 0.4) is 0 Å². The molecule has 0 amide bonds. The van der Waals surface area contributed by atoms with Gasteiger partial charge in [-0.1, -0.05) is 36.4 Å². The highest BCUT2D eigenvalue weighted by molar-refractivity contribution is 6.06. The van der Waals surface area contributed by atoms with Crippen LogP contribution < -0.4 is 10.2 Å². The monoisotopic (exact) mass is 360 g/mol. The van der Waals surface area contributed by atoms with Crippen molar-refractivity contribution >= 4 is 17.4 Å². The third kappa shape index (κ3) is 3.62. The molecule has 1 aliphatic rings. The summed E-state index contributed by atoms with van der Waals surface area (Å²) in [6, 6.07) is 18.8. The van der Waals surface area contributed by atoms with E-state index in [1.54, 1.807) is 12.1 Å². The number of hydrogen-bond acceptors (Lipinski definition) is 5. The smallest absolute Gasteiger partial charge is 0.379 e. The lowest BCUT2D eigenvalue weighted by molar-refractivity contribution is 0.0698. The molecule has 136 valence electrons. The number of hydrazone groups is 1. The van der Waals surface area contributed by atoms with Crippen LogP contribution in [0.4, 0.5) is 5.69 Å². The summed E-state index contributed by atoms with van der Waals surface area (Å²) < 4.78 is 11.3. The lowest BCUT2D eigenvalue weighted by Crippen LogP contribution is -2.13. The molecular formula is C22H20N2O3. The molecule has 1 N–H and O–H groups in total. The Balaban J connectivity index is 1.61. The van der Waals surface area contributed by atoms with E-state index in [1.165, 1.54) is 0 Å². The van der Waals surface area contributed by atoms with Crippen LogP contribution in [0.25, 0.3) is 0 Å². The fraction of sp³-hybridized carbons (Fsp3) is 0.182. The van der Waals surface area contributed by atoms with Crippen LogP contribution in [0.2, 0.25) is 0 Å². The molecule has 1 aromatic heterocycles. The number of carbonyl (C=O) groups is 1. The number of carbonyl (C=O) groups excluding carboxylic acids is 1.